The highest BCUT2D eigenvalue weighted by atomic mass is 32.1. The maximum absolute atomic E-state index is 6.22. The Kier molecular flexibility index (Phi) is 31.1. The molecule has 1 fully saturated rings. The summed E-state index contributed by atoms with van der Waals surface area (Å²) < 4.78 is 92.0. The molecule has 0 aliphatic carbocycles. The lowest BCUT2D eigenvalue weighted by Crippen LogP contribution is -2.19. The van der Waals surface area contributed by atoms with Crippen molar-refractivity contribution < 1.29 is 42.6 Å². The molecule has 0 amide bonds. The third-order valence-electron chi connectivity index (χ3n) is 22.2. The molecular weight excluding hydrogens is 1900 g/mol. The maximum atomic E-state index is 6.22. The fourth-order valence-corrected chi connectivity index (χ4v) is 19.4. The van der Waals surface area contributed by atoms with E-state index < -0.39 is 0 Å². The molecule has 0 bridgehead atoms. The Bertz CT molecular complexity index is 7790. The van der Waals surface area contributed by atoms with E-state index in [0.29, 0.717) is 131 Å². The van der Waals surface area contributed by atoms with Crippen molar-refractivity contribution in [1.29, 1.82) is 0 Å². The van der Waals surface area contributed by atoms with Crippen molar-refractivity contribution in [1.82, 2.24) is 148 Å². The van der Waals surface area contributed by atoms with E-state index in [0.717, 1.165) is 180 Å². The first-order valence-corrected chi connectivity index (χ1v) is 49.6. The second-order valence-electron chi connectivity index (χ2n) is 33.8. The van der Waals surface area contributed by atoms with Crippen LogP contribution < -0.4 is 23.7 Å². The highest BCUT2D eigenvalue weighted by molar-refractivity contribution is 7.06. The molecule has 732 valence electrons. The Morgan fingerprint density at radius 2 is 0.704 bits per heavy atom. The summed E-state index contributed by atoms with van der Waals surface area (Å²) in [5, 5.41) is 21.3. The molecule has 2 unspecified atom stereocenters. The summed E-state index contributed by atoms with van der Waals surface area (Å²) in [6, 6.07) is 26.0. The number of ether oxygens (including phenoxy) is 9. The number of nitrogens with zero attached hydrogens (tertiary/aromatic N) is 31. The number of hydrogen-bond donors (Lipinski definition) is 0. The van der Waals surface area contributed by atoms with Gasteiger partial charge in [0.05, 0.1) is 154 Å². The fourth-order valence-electron chi connectivity index (χ4n) is 15.8. The summed E-state index contributed by atoms with van der Waals surface area (Å²) in [5.41, 5.74) is 18.9. The molecule has 40 nitrogen and oxygen atoms in total. The van der Waals surface area contributed by atoms with Crippen molar-refractivity contribution in [3.05, 3.63) is 266 Å². The number of aromatic nitrogens is 31. The molecule has 1 aliphatic rings. The van der Waals surface area contributed by atoms with Gasteiger partial charge < -0.3 is 65.5 Å². The minimum absolute atomic E-state index is 0.140. The molecule has 22 rings (SSSR count). The van der Waals surface area contributed by atoms with E-state index in [1.165, 1.54) is 57.7 Å². The molecule has 0 aromatic carbocycles. The minimum Gasteiger partial charge on any atom is -0.476 e. The lowest BCUT2D eigenvalue weighted by Gasteiger charge is -2.15. The second kappa shape index (κ2) is 45.3. The molecule has 1 aliphatic heterocycles. The average Bonchev–Trinajstić information content (AvgIpc) is 1.66. The SMILES string of the molecule is COCC(C)Oc1nc(Cc2cc(C)ns2)nc2ccn(-c3cnn(C)c3)c12.COCCCOc1nc(Cc2cc(C)ns2)nc2ccn(-c3cnn(C)c3)c12.COCCOc1nc(Cc2cc(C)ns2)nc2ccn(-c3cnn(C)c3)c12.Cc1cc(Cc2nc(OCC3CCOC3)c3c(ccn3-c3cnn(C)c3)n2)sn1.Cc1cc(Cc2nc(OCc3ccccn3)c3c(ccn3-c3cnn(C)c3)n2)sn1. The van der Waals surface area contributed by atoms with E-state index in [-0.39, 0.29) is 6.10 Å². The average molecular weight is 2010 g/mol. The largest absolute Gasteiger partial charge is 0.476 e. The molecule has 2 atom stereocenters. The molecule has 0 spiro atoms. The molecule has 142 heavy (non-hydrogen) atoms. The third kappa shape index (κ3) is 24.1. The van der Waals surface area contributed by atoms with Gasteiger partial charge in [0.1, 0.15) is 76.0 Å². The van der Waals surface area contributed by atoms with Gasteiger partial charge in [0, 0.05) is 207 Å². The summed E-state index contributed by atoms with van der Waals surface area (Å²) in [6.45, 7) is 16.9. The first kappa shape index (κ1) is 97.5. The molecule has 0 saturated carbocycles. The number of pyridine rings is 1. The standard InChI is InChI=1S/C21H19N7OS.C20H22N6O2S.2C19H22N6O2S.C18H20N6O2S/c1-14-9-17(30-26-14)10-19-24-18-6-8-28(16-11-23-27(2)12-16)20(18)21(25-19)29-13-15-5-3-4-7-22-15;1-13-7-16(29-24-13)8-18-22-17-3-5-26(15-9-21-25(2)10-15)19(17)20(23-18)28-12-14-4-6-27-11-14;1-12-7-15(28-23-12)8-17-21-16-5-6-25(14-9-20-24(3)10-14)18(16)19(22-17)27-13(2)11-26-4;1-13-9-15(28-23-13)10-17-21-16-5-6-25(14-11-20-24(2)12-14)18(16)19(22-17)27-8-4-7-26-3;1-12-8-14(27-22-12)9-16-20-15-4-5-24(13-10-19-23(2)11-13)17(15)18(21-16)26-7-6-25-3/h3-9,11-12H,10,13H2,1-2H3;3,5,7,9-10,14H,4,6,8,11-12H2,1-2H3;5-7,9-10,13H,8,11H2,1-4H3;5-6,9,11-12H,4,7-8,10H2,1-3H3;4-5,8,10-11H,6-7,9H2,1-3H3. The molecular formula is C97H105N31O9S5. The third-order valence-corrected chi connectivity index (χ3v) is 26.5. The highest BCUT2D eigenvalue weighted by Gasteiger charge is 2.26. The number of hydrogen-bond acceptors (Lipinski definition) is 35. The Labute approximate surface area is 836 Å². The van der Waals surface area contributed by atoms with Gasteiger partial charge in [-0.05, 0) is 178 Å². The van der Waals surface area contributed by atoms with Crippen molar-refractivity contribution in [3.8, 4) is 57.8 Å². The predicted octanol–water partition coefficient (Wildman–Crippen LogP) is 14.8. The summed E-state index contributed by atoms with van der Waals surface area (Å²) in [4.78, 5) is 57.5. The Morgan fingerprint density at radius 3 is 1.00 bits per heavy atom. The summed E-state index contributed by atoms with van der Waals surface area (Å²) >= 11 is 7.40. The molecule has 22 heterocycles. The van der Waals surface area contributed by atoms with Crippen LogP contribution in [-0.2, 0) is 92.9 Å². The number of rotatable bonds is 34. The lowest BCUT2D eigenvalue weighted by molar-refractivity contribution is 0.0897. The summed E-state index contributed by atoms with van der Waals surface area (Å²) in [7, 11) is 14.4. The topological polar surface area (TPSA) is 403 Å². The molecule has 45 heteroatoms. The fraction of sp³-hybridized carbons (Fsp3) is 0.330. The maximum Gasteiger partial charge on any atom is 0.242 e. The van der Waals surface area contributed by atoms with E-state index in [1.807, 2.05) is 223 Å². The second-order valence-corrected chi connectivity index (χ2v) is 38.3. The van der Waals surface area contributed by atoms with Gasteiger partial charge in [-0.1, -0.05) is 6.07 Å². The quantitative estimate of drug-likeness (QED) is 0.0338. The van der Waals surface area contributed by atoms with Crippen molar-refractivity contribution in [3.63, 3.8) is 0 Å². The number of fused-ring (bicyclic) bond motifs is 5. The van der Waals surface area contributed by atoms with E-state index in [9.17, 15) is 0 Å². The number of methoxy groups -OCH3 is 3. The van der Waals surface area contributed by atoms with Crippen LogP contribution in [0, 0.1) is 40.5 Å². The minimum atomic E-state index is -0.140. The monoisotopic (exact) mass is 2010 g/mol. The first-order valence-electron chi connectivity index (χ1n) is 45.7. The van der Waals surface area contributed by atoms with Crippen molar-refractivity contribution in [2.75, 3.05) is 74.2 Å². The van der Waals surface area contributed by atoms with Crippen LogP contribution in [0.2, 0.25) is 0 Å². The zero-order valence-corrected chi connectivity index (χ0v) is 84.9. The van der Waals surface area contributed by atoms with Crippen LogP contribution in [0.15, 0.2) is 178 Å². The molecule has 1 saturated heterocycles. The number of aryl methyl sites for hydroxylation is 10. The zero-order chi connectivity index (χ0) is 98.3. The van der Waals surface area contributed by atoms with Gasteiger partial charge in [0.25, 0.3) is 0 Å². The van der Waals surface area contributed by atoms with Crippen molar-refractivity contribution >= 4 is 113 Å². The van der Waals surface area contributed by atoms with Crippen molar-refractivity contribution in [2.45, 2.75) is 99.2 Å². The lowest BCUT2D eigenvalue weighted by atomic mass is 10.1. The Morgan fingerprint density at radius 1 is 0.373 bits per heavy atom. The van der Waals surface area contributed by atoms with Crippen molar-refractivity contribution in [2.24, 2.45) is 41.2 Å². The van der Waals surface area contributed by atoms with E-state index >= 15 is 0 Å². The van der Waals surface area contributed by atoms with Crippen LogP contribution in [0.5, 0.6) is 29.4 Å². The van der Waals surface area contributed by atoms with E-state index in [2.05, 4.69) is 87.7 Å². The van der Waals surface area contributed by atoms with Gasteiger partial charge in [-0.3, -0.25) is 28.4 Å². The van der Waals surface area contributed by atoms with E-state index in [4.69, 9.17) is 87.5 Å². The molecule has 0 radical (unpaired) electrons. The van der Waals surface area contributed by atoms with Gasteiger partial charge in [-0.15, -0.1) is 0 Å². The molecule has 21 aromatic rings. The summed E-state index contributed by atoms with van der Waals surface area (Å²) in [6.07, 6.45) is 35.2. The van der Waals surface area contributed by atoms with Crippen LogP contribution >= 0.6 is 57.7 Å². The van der Waals surface area contributed by atoms with Crippen LogP contribution in [0.4, 0.5) is 0 Å². The van der Waals surface area contributed by atoms with Gasteiger partial charge >= 0.3 is 0 Å². The van der Waals surface area contributed by atoms with Gasteiger partial charge in [-0.2, -0.15) is 72.3 Å². The van der Waals surface area contributed by atoms with Gasteiger partial charge in [0.15, 0.2) is 0 Å². The predicted molar refractivity (Wildman–Crippen MR) is 541 cm³/mol. The Balaban J connectivity index is 0.000000117. The highest BCUT2D eigenvalue weighted by Crippen LogP contribution is 2.36. The van der Waals surface area contributed by atoms with Crippen LogP contribution in [0.3, 0.4) is 0 Å². The normalized spacial score (nSPS) is 12.7. The van der Waals surface area contributed by atoms with Crippen LogP contribution in [0.25, 0.3) is 83.6 Å². The summed E-state index contributed by atoms with van der Waals surface area (Å²) in [5.74, 6) is 6.77. The molecule has 21 aromatic heterocycles. The van der Waals surface area contributed by atoms with E-state index in [1.54, 1.807) is 69.5 Å². The van der Waals surface area contributed by atoms with Crippen LogP contribution in [0.1, 0.15) is 107 Å². The Hall–Kier alpha value is -14.7. The van der Waals surface area contributed by atoms with Gasteiger partial charge in [0.2, 0.25) is 29.4 Å². The first-order chi connectivity index (χ1) is 69.1. The smallest absolute Gasteiger partial charge is 0.242 e. The van der Waals surface area contributed by atoms with Crippen LogP contribution in [-0.4, -0.2) is 229 Å². The van der Waals surface area contributed by atoms with Gasteiger partial charge in [-0.25, -0.2) is 24.9 Å². The zero-order valence-electron chi connectivity index (χ0n) is 80.8. The molecule has 0 N–H and O–H groups in total.